The number of methoxy groups -OCH3 is 1. The molecule has 0 atom stereocenters. The van der Waals surface area contributed by atoms with Crippen molar-refractivity contribution in [2.75, 3.05) is 32.1 Å². The highest BCUT2D eigenvalue weighted by molar-refractivity contribution is 5.62. The Kier molecular flexibility index (Phi) is 3.77. The zero-order valence-electron chi connectivity index (χ0n) is 12.8. The molecule has 0 amide bonds. The smallest absolute Gasteiger partial charge is 0.125 e. The van der Waals surface area contributed by atoms with Gasteiger partial charge >= 0.3 is 0 Å². The minimum absolute atomic E-state index is 0.364. The molecule has 0 radical (unpaired) electrons. The maximum Gasteiger partial charge on any atom is 0.125 e. The summed E-state index contributed by atoms with van der Waals surface area (Å²) >= 11 is 0. The minimum Gasteiger partial charge on any atom is -0.496 e. The molecule has 19 heavy (non-hydrogen) atoms. The van der Waals surface area contributed by atoms with Crippen LogP contribution in [0.2, 0.25) is 0 Å². The summed E-state index contributed by atoms with van der Waals surface area (Å²) in [6.07, 6.45) is 2.53. The van der Waals surface area contributed by atoms with E-state index >= 15 is 0 Å². The van der Waals surface area contributed by atoms with Gasteiger partial charge in [-0.3, -0.25) is 0 Å². The number of ether oxygens (including phenoxy) is 1. The van der Waals surface area contributed by atoms with Crippen molar-refractivity contribution in [3.8, 4) is 5.75 Å². The van der Waals surface area contributed by atoms with Crippen LogP contribution >= 0.6 is 0 Å². The van der Waals surface area contributed by atoms with Crippen molar-refractivity contribution in [1.29, 1.82) is 0 Å². The normalized spacial score (nSPS) is 16.3. The SMILES string of the molecule is COc1c(C)cc(N(C)CC2(CN)CC2)c(C)c1C. The highest BCUT2D eigenvalue weighted by Crippen LogP contribution is 2.46. The minimum atomic E-state index is 0.364. The summed E-state index contributed by atoms with van der Waals surface area (Å²) in [5.41, 5.74) is 11.3. The van der Waals surface area contributed by atoms with Crippen molar-refractivity contribution >= 4 is 5.69 Å². The third-order valence-corrected chi connectivity index (χ3v) is 4.58. The number of rotatable bonds is 5. The summed E-state index contributed by atoms with van der Waals surface area (Å²) < 4.78 is 5.49. The largest absolute Gasteiger partial charge is 0.496 e. The Morgan fingerprint density at radius 1 is 1.26 bits per heavy atom. The van der Waals surface area contributed by atoms with Crippen LogP contribution in [-0.4, -0.2) is 27.2 Å². The number of hydrogen-bond donors (Lipinski definition) is 1. The van der Waals surface area contributed by atoms with Crippen molar-refractivity contribution in [3.05, 3.63) is 22.8 Å². The van der Waals surface area contributed by atoms with Gasteiger partial charge in [0.05, 0.1) is 7.11 Å². The second-order valence-corrected chi connectivity index (χ2v) is 6.06. The lowest BCUT2D eigenvalue weighted by Gasteiger charge is -2.28. The Morgan fingerprint density at radius 3 is 2.37 bits per heavy atom. The summed E-state index contributed by atoms with van der Waals surface area (Å²) in [6.45, 7) is 8.26. The average Bonchev–Trinajstić information content (AvgIpc) is 3.14. The predicted molar refractivity (Wildman–Crippen MR) is 81.2 cm³/mol. The van der Waals surface area contributed by atoms with Crippen molar-refractivity contribution < 1.29 is 4.74 Å². The van der Waals surface area contributed by atoms with Crippen LogP contribution in [0, 0.1) is 26.2 Å². The molecular weight excluding hydrogens is 236 g/mol. The topological polar surface area (TPSA) is 38.5 Å². The van der Waals surface area contributed by atoms with Gasteiger partial charge in [0, 0.05) is 24.7 Å². The van der Waals surface area contributed by atoms with E-state index in [0.29, 0.717) is 5.41 Å². The fourth-order valence-electron chi connectivity index (χ4n) is 2.94. The monoisotopic (exact) mass is 262 g/mol. The molecule has 1 aliphatic carbocycles. The van der Waals surface area contributed by atoms with Crippen molar-refractivity contribution in [2.24, 2.45) is 11.1 Å². The molecule has 3 heteroatoms. The first-order valence-corrected chi connectivity index (χ1v) is 7.00. The van der Waals surface area contributed by atoms with Crippen molar-refractivity contribution in [2.45, 2.75) is 33.6 Å². The van der Waals surface area contributed by atoms with Crippen LogP contribution in [0.25, 0.3) is 0 Å². The lowest BCUT2D eigenvalue weighted by atomic mass is 10.0. The van der Waals surface area contributed by atoms with Gasteiger partial charge in [-0.25, -0.2) is 0 Å². The molecule has 0 saturated heterocycles. The molecule has 0 aliphatic heterocycles. The average molecular weight is 262 g/mol. The van der Waals surface area contributed by atoms with Gasteiger partial charge in [-0.1, -0.05) is 0 Å². The first-order chi connectivity index (χ1) is 8.94. The Labute approximate surface area is 116 Å². The second kappa shape index (κ2) is 5.04. The highest BCUT2D eigenvalue weighted by atomic mass is 16.5. The Morgan fingerprint density at radius 2 is 1.89 bits per heavy atom. The molecule has 0 bridgehead atoms. The Bertz CT molecular complexity index is 478. The van der Waals surface area contributed by atoms with Crippen LogP contribution in [0.15, 0.2) is 6.07 Å². The van der Waals surface area contributed by atoms with E-state index in [-0.39, 0.29) is 0 Å². The third kappa shape index (κ3) is 2.57. The van der Waals surface area contributed by atoms with E-state index in [2.05, 4.69) is 38.8 Å². The number of aryl methyl sites for hydroxylation is 1. The van der Waals surface area contributed by atoms with Gasteiger partial charge in [-0.2, -0.15) is 0 Å². The summed E-state index contributed by atoms with van der Waals surface area (Å²) in [4.78, 5) is 2.36. The first kappa shape index (κ1) is 14.2. The summed E-state index contributed by atoms with van der Waals surface area (Å²) in [6, 6.07) is 2.23. The molecule has 0 spiro atoms. The van der Waals surface area contributed by atoms with Crippen LogP contribution in [0.3, 0.4) is 0 Å². The molecule has 1 aliphatic rings. The molecule has 0 unspecified atom stereocenters. The second-order valence-electron chi connectivity index (χ2n) is 6.06. The third-order valence-electron chi connectivity index (χ3n) is 4.58. The Hall–Kier alpha value is -1.22. The van der Waals surface area contributed by atoms with E-state index in [1.165, 1.54) is 35.2 Å². The first-order valence-electron chi connectivity index (χ1n) is 7.00. The number of nitrogens with two attached hydrogens (primary N) is 1. The van der Waals surface area contributed by atoms with Gasteiger partial charge in [0.2, 0.25) is 0 Å². The number of anilines is 1. The van der Waals surface area contributed by atoms with E-state index < -0.39 is 0 Å². The number of nitrogens with zero attached hydrogens (tertiary/aromatic N) is 1. The fraction of sp³-hybridized carbons (Fsp3) is 0.625. The van der Waals surface area contributed by atoms with Crippen LogP contribution in [-0.2, 0) is 0 Å². The molecule has 0 aromatic heterocycles. The maximum atomic E-state index is 5.89. The fourth-order valence-corrected chi connectivity index (χ4v) is 2.94. The highest BCUT2D eigenvalue weighted by Gasteiger charge is 2.42. The molecule has 1 aromatic rings. The molecule has 2 N–H and O–H groups in total. The molecule has 2 rings (SSSR count). The van der Waals surface area contributed by atoms with Crippen molar-refractivity contribution in [1.82, 2.24) is 0 Å². The zero-order valence-corrected chi connectivity index (χ0v) is 12.8. The van der Waals surface area contributed by atoms with Crippen LogP contribution in [0.1, 0.15) is 29.5 Å². The Balaban J connectivity index is 2.29. The van der Waals surface area contributed by atoms with E-state index in [9.17, 15) is 0 Å². The summed E-state index contributed by atoms with van der Waals surface area (Å²) in [7, 11) is 3.91. The van der Waals surface area contributed by atoms with Gasteiger partial charge in [-0.05, 0) is 62.9 Å². The van der Waals surface area contributed by atoms with Gasteiger partial charge < -0.3 is 15.4 Å². The van der Waals surface area contributed by atoms with Gasteiger partial charge in [0.25, 0.3) is 0 Å². The molecule has 3 nitrogen and oxygen atoms in total. The molecule has 1 saturated carbocycles. The lowest BCUT2D eigenvalue weighted by molar-refractivity contribution is 0.408. The molecule has 1 fully saturated rings. The van der Waals surface area contributed by atoms with E-state index in [0.717, 1.165) is 18.8 Å². The summed E-state index contributed by atoms with van der Waals surface area (Å²) in [5, 5.41) is 0. The van der Waals surface area contributed by atoms with Gasteiger partial charge in [0.15, 0.2) is 0 Å². The lowest BCUT2D eigenvalue weighted by Crippen LogP contribution is -2.32. The molecule has 106 valence electrons. The molecule has 1 aromatic carbocycles. The number of benzene rings is 1. The standard InChI is InChI=1S/C16H26N2O/c1-11-8-14(12(2)13(3)15(11)19-5)18(4)10-16(9-17)6-7-16/h8H,6-7,9-10,17H2,1-5H3. The quantitative estimate of drug-likeness (QED) is 0.887. The van der Waals surface area contributed by atoms with Crippen LogP contribution in [0.4, 0.5) is 5.69 Å². The zero-order chi connectivity index (χ0) is 14.2. The van der Waals surface area contributed by atoms with E-state index in [1.807, 2.05) is 0 Å². The van der Waals surface area contributed by atoms with E-state index in [1.54, 1.807) is 7.11 Å². The number of hydrogen-bond acceptors (Lipinski definition) is 3. The summed E-state index contributed by atoms with van der Waals surface area (Å²) in [5.74, 6) is 1.01. The van der Waals surface area contributed by atoms with E-state index in [4.69, 9.17) is 10.5 Å². The predicted octanol–water partition coefficient (Wildman–Crippen LogP) is 2.80. The van der Waals surface area contributed by atoms with Crippen LogP contribution < -0.4 is 15.4 Å². The molecule has 0 heterocycles. The molecular formula is C16H26N2O. The van der Waals surface area contributed by atoms with Gasteiger partial charge in [0.1, 0.15) is 5.75 Å². The van der Waals surface area contributed by atoms with Crippen LogP contribution in [0.5, 0.6) is 5.75 Å². The van der Waals surface area contributed by atoms with Gasteiger partial charge in [-0.15, -0.1) is 0 Å². The van der Waals surface area contributed by atoms with Crippen molar-refractivity contribution in [3.63, 3.8) is 0 Å². The maximum absolute atomic E-state index is 5.89.